The standard InChI is InChI=1S/C19H16ClN3O/c1-2-24-16-6-7-18-17(9-16)19(14(10-21)12-22-18)23-11-13-4-3-5-15(20)8-13/h3-9,12H,2,11H2,1H3,(H,22,23). The first kappa shape index (κ1) is 16.1. The van der Waals surface area contributed by atoms with Gasteiger partial charge in [-0.05, 0) is 42.8 Å². The number of ether oxygens (including phenoxy) is 1. The highest BCUT2D eigenvalue weighted by molar-refractivity contribution is 6.30. The van der Waals surface area contributed by atoms with E-state index in [0.717, 1.165) is 27.9 Å². The smallest absolute Gasteiger partial charge is 0.120 e. The van der Waals surface area contributed by atoms with Crippen molar-refractivity contribution in [3.8, 4) is 11.8 Å². The molecule has 4 nitrogen and oxygen atoms in total. The zero-order valence-electron chi connectivity index (χ0n) is 13.2. The van der Waals surface area contributed by atoms with E-state index in [1.165, 1.54) is 0 Å². The second-order valence-electron chi connectivity index (χ2n) is 5.25. The van der Waals surface area contributed by atoms with Crippen molar-refractivity contribution in [2.24, 2.45) is 0 Å². The molecule has 5 heteroatoms. The number of rotatable bonds is 5. The summed E-state index contributed by atoms with van der Waals surface area (Å²) in [5.41, 5.74) is 3.10. The molecule has 0 amide bonds. The SMILES string of the molecule is CCOc1ccc2ncc(C#N)c(NCc3cccc(Cl)c3)c2c1. The Kier molecular flexibility index (Phi) is 4.83. The number of pyridine rings is 1. The summed E-state index contributed by atoms with van der Waals surface area (Å²) in [7, 11) is 0. The Bertz CT molecular complexity index is 918. The molecule has 0 aliphatic rings. The molecule has 0 atom stereocenters. The van der Waals surface area contributed by atoms with Crippen molar-refractivity contribution in [3.63, 3.8) is 0 Å². The third-order valence-corrected chi connectivity index (χ3v) is 3.86. The summed E-state index contributed by atoms with van der Waals surface area (Å²) in [6.45, 7) is 3.09. The summed E-state index contributed by atoms with van der Waals surface area (Å²) in [5.74, 6) is 0.757. The molecule has 0 saturated heterocycles. The third kappa shape index (κ3) is 3.42. The summed E-state index contributed by atoms with van der Waals surface area (Å²) in [5, 5.41) is 14.3. The number of halogens is 1. The monoisotopic (exact) mass is 337 g/mol. The minimum atomic E-state index is 0.498. The van der Waals surface area contributed by atoms with E-state index in [1.807, 2.05) is 49.4 Å². The van der Waals surface area contributed by atoms with Gasteiger partial charge in [0.05, 0.1) is 23.4 Å². The van der Waals surface area contributed by atoms with E-state index < -0.39 is 0 Å². The maximum atomic E-state index is 9.41. The molecule has 0 unspecified atom stereocenters. The Hall–Kier alpha value is -2.77. The Morgan fingerprint density at radius 2 is 2.12 bits per heavy atom. The number of anilines is 1. The van der Waals surface area contributed by atoms with Gasteiger partial charge in [0, 0.05) is 23.2 Å². The summed E-state index contributed by atoms with van der Waals surface area (Å²) in [4.78, 5) is 4.34. The molecule has 0 aliphatic heterocycles. The highest BCUT2D eigenvalue weighted by Gasteiger charge is 2.10. The van der Waals surface area contributed by atoms with E-state index >= 15 is 0 Å². The second-order valence-corrected chi connectivity index (χ2v) is 5.69. The van der Waals surface area contributed by atoms with Gasteiger partial charge in [0.1, 0.15) is 11.8 Å². The molecule has 1 heterocycles. The van der Waals surface area contributed by atoms with E-state index in [1.54, 1.807) is 6.20 Å². The van der Waals surface area contributed by atoms with Crippen molar-refractivity contribution < 1.29 is 4.74 Å². The van der Waals surface area contributed by atoms with Crippen LogP contribution in [0.15, 0.2) is 48.7 Å². The lowest BCUT2D eigenvalue weighted by molar-refractivity contribution is 0.340. The van der Waals surface area contributed by atoms with Crippen molar-refractivity contribution in [2.75, 3.05) is 11.9 Å². The number of nitrogens with one attached hydrogen (secondary N) is 1. The highest BCUT2D eigenvalue weighted by Crippen LogP contribution is 2.29. The van der Waals surface area contributed by atoms with E-state index in [-0.39, 0.29) is 0 Å². The van der Waals surface area contributed by atoms with Crippen molar-refractivity contribution in [1.82, 2.24) is 4.98 Å². The lowest BCUT2D eigenvalue weighted by Gasteiger charge is -2.13. The molecule has 0 aliphatic carbocycles. The van der Waals surface area contributed by atoms with Gasteiger partial charge >= 0.3 is 0 Å². The van der Waals surface area contributed by atoms with Gasteiger partial charge in [-0.25, -0.2) is 0 Å². The lowest BCUT2D eigenvalue weighted by atomic mass is 10.1. The third-order valence-electron chi connectivity index (χ3n) is 3.63. The number of benzene rings is 2. The average molecular weight is 338 g/mol. The summed E-state index contributed by atoms with van der Waals surface area (Å²) < 4.78 is 5.57. The van der Waals surface area contributed by atoms with Gasteiger partial charge in [0.25, 0.3) is 0 Å². The van der Waals surface area contributed by atoms with Gasteiger partial charge < -0.3 is 10.1 Å². The highest BCUT2D eigenvalue weighted by atomic mass is 35.5. The molecule has 0 bridgehead atoms. The van der Waals surface area contributed by atoms with Gasteiger partial charge in [-0.15, -0.1) is 0 Å². The molecule has 2 aromatic carbocycles. The second kappa shape index (κ2) is 7.20. The number of nitriles is 1. The van der Waals surface area contributed by atoms with Gasteiger partial charge in [0.15, 0.2) is 0 Å². The largest absolute Gasteiger partial charge is 0.494 e. The molecule has 0 saturated carbocycles. The molecule has 1 N–H and O–H groups in total. The van der Waals surface area contributed by atoms with Gasteiger partial charge in [-0.3, -0.25) is 4.98 Å². The van der Waals surface area contributed by atoms with Gasteiger partial charge in [-0.2, -0.15) is 5.26 Å². The van der Waals surface area contributed by atoms with Crippen LogP contribution in [0.1, 0.15) is 18.1 Å². The minimum absolute atomic E-state index is 0.498. The number of nitrogens with zero attached hydrogens (tertiary/aromatic N) is 2. The predicted molar refractivity (Wildman–Crippen MR) is 96.4 cm³/mol. The number of hydrogen-bond acceptors (Lipinski definition) is 4. The molecule has 120 valence electrons. The predicted octanol–water partition coefficient (Wildman–Crippen LogP) is 4.77. The van der Waals surface area contributed by atoms with Crippen LogP contribution in [0.4, 0.5) is 5.69 Å². The lowest BCUT2D eigenvalue weighted by Crippen LogP contribution is -2.03. The Morgan fingerprint density at radius 1 is 1.25 bits per heavy atom. The Balaban J connectivity index is 2.00. The van der Waals surface area contributed by atoms with Crippen LogP contribution in [-0.2, 0) is 6.54 Å². The molecular formula is C19H16ClN3O. The van der Waals surface area contributed by atoms with Crippen LogP contribution >= 0.6 is 11.6 Å². The molecular weight excluding hydrogens is 322 g/mol. The van der Waals surface area contributed by atoms with E-state index in [4.69, 9.17) is 16.3 Å². The zero-order valence-corrected chi connectivity index (χ0v) is 14.0. The average Bonchev–Trinajstić information content (AvgIpc) is 2.60. The quantitative estimate of drug-likeness (QED) is 0.728. The van der Waals surface area contributed by atoms with Crippen LogP contribution in [0, 0.1) is 11.3 Å². The van der Waals surface area contributed by atoms with Gasteiger partial charge in [0.2, 0.25) is 0 Å². The maximum absolute atomic E-state index is 9.41. The van der Waals surface area contributed by atoms with E-state index in [2.05, 4.69) is 16.4 Å². The normalized spacial score (nSPS) is 10.4. The fraction of sp³-hybridized carbons (Fsp3) is 0.158. The van der Waals surface area contributed by atoms with Crippen LogP contribution in [0.25, 0.3) is 10.9 Å². The molecule has 0 radical (unpaired) electrons. The Labute approximate surface area is 145 Å². The van der Waals surface area contributed by atoms with Crippen molar-refractivity contribution in [3.05, 3.63) is 64.8 Å². The molecule has 1 aromatic heterocycles. The van der Waals surface area contributed by atoms with Crippen LogP contribution in [-0.4, -0.2) is 11.6 Å². The molecule has 3 aromatic rings. The molecule has 0 spiro atoms. The zero-order chi connectivity index (χ0) is 16.9. The van der Waals surface area contributed by atoms with E-state index in [9.17, 15) is 5.26 Å². The molecule has 3 rings (SSSR count). The number of aromatic nitrogens is 1. The number of fused-ring (bicyclic) bond motifs is 1. The summed E-state index contributed by atoms with van der Waals surface area (Å²) in [6.07, 6.45) is 1.59. The summed E-state index contributed by atoms with van der Waals surface area (Å²) >= 11 is 6.03. The van der Waals surface area contributed by atoms with Crippen molar-refractivity contribution >= 4 is 28.2 Å². The number of hydrogen-bond donors (Lipinski definition) is 1. The Morgan fingerprint density at radius 3 is 2.88 bits per heavy atom. The van der Waals surface area contributed by atoms with Crippen LogP contribution in [0.3, 0.4) is 0 Å². The first-order valence-electron chi connectivity index (χ1n) is 7.65. The summed E-state index contributed by atoms with van der Waals surface area (Å²) in [6, 6.07) is 15.5. The van der Waals surface area contributed by atoms with Crippen LogP contribution in [0.2, 0.25) is 5.02 Å². The van der Waals surface area contributed by atoms with Crippen molar-refractivity contribution in [1.29, 1.82) is 5.26 Å². The maximum Gasteiger partial charge on any atom is 0.120 e. The molecule has 0 fully saturated rings. The fourth-order valence-corrected chi connectivity index (χ4v) is 2.75. The first-order chi connectivity index (χ1) is 11.7. The minimum Gasteiger partial charge on any atom is -0.494 e. The van der Waals surface area contributed by atoms with Crippen LogP contribution < -0.4 is 10.1 Å². The fourth-order valence-electron chi connectivity index (χ4n) is 2.54. The molecule has 24 heavy (non-hydrogen) atoms. The first-order valence-corrected chi connectivity index (χ1v) is 8.03. The van der Waals surface area contributed by atoms with Crippen molar-refractivity contribution in [2.45, 2.75) is 13.5 Å². The van der Waals surface area contributed by atoms with E-state index in [0.29, 0.717) is 23.7 Å². The van der Waals surface area contributed by atoms with Crippen LogP contribution in [0.5, 0.6) is 5.75 Å². The topological polar surface area (TPSA) is 57.9 Å². The van der Waals surface area contributed by atoms with Gasteiger partial charge in [-0.1, -0.05) is 23.7 Å².